The van der Waals surface area contributed by atoms with E-state index in [1.807, 2.05) is 0 Å². The molecule has 1 saturated heterocycles. The molecule has 2 N–H and O–H groups in total. The van der Waals surface area contributed by atoms with E-state index in [0.29, 0.717) is 11.3 Å². The van der Waals surface area contributed by atoms with Gasteiger partial charge in [0.25, 0.3) is 0 Å². The third kappa shape index (κ3) is 2.85. The molecule has 2 aromatic rings. The Morgan fingerprint density at radius 2 is 2.25 bits per heavy atom. The van der Waals surface area contributed by atoms with Crippen molar-refractivity contribution in [3.8, 4) is 5.88 Å². The number of methoxy groups -OCH3 is 1. The third-order valence-corrected chi connectivity index (χ3v) is 4.05. The number of aromatic nitrogens is 4. The van der Waals surface area contributed by atoms with E-state index in [0.717, 1.165) is 0 Å². The molecule has 0 amide bonds. The number of alkyl halides is 1. The molecule has 0 radical (unpaired) electrons. The molecule has 3 rings (SSSR count). The largest absolute Gasteiger partial charge is 0.695 e. The molecular formula is C12H15FN4O6P+. The molecule has 0 bridgehead atoms. The van der Waals surface area contributed by atoms with Gasteiger partial charge in [-0.05, 0) is 6.92 Å². The Morgan fingerprint density at radius 3 is 2.88 bits per heavy atom. The van der Waals surface area contributed by atoms with Crippen molar-refractivity contribution in [3.63, 3.8) is 0 Å². The molecule has 1 aliphatic heterocycles. The second-order valence-electron chi connectivity index (χ2n) is 5.10. The highest BCUT2D eigenvalue weighted by atomic mass is 31.1. The maximum atomic E-state index is 14.7. The van der Waals surface area contributed by atoms with Gasteiger partial charge < -0.3 is 14.6 Å². The first-order valence-electron chi connectivity index (χ1n) is 6.94. The Labute approximate surface area is 136 Å². The van der Waals surface area contributed by atoms with Crippen LogP contribution in [0.15, 0.2) is 6.33 Å². The topological polar surface area (TPSA) is 129 Å². The smallest absolute Gasteiger partial charge is 0.479 e. The van der Waals surface area contributed by atoms with Gasteiger partial charge in [0.1, 0.15) is 11.9 Å². The van der Waals surface area contributed by atoms with Gasteiger partial charge >= 0.3 is 8.25 Å². The zero-order chi connectivity index (χ0) is 17.4. The highest BCUT2D eigenvalue weighted by Gasteiger charge is 2.51. The predicted octanol–water partition coefficient (Wildman–Crippen LogP) is 0.406. The summed E-state index contributed by atoms with van der Waals surface area (Å²) in [6.07, 6.45) is -4.23. The minimum absolute atomic E-state index is 0.231. The molecule has 1 aliphatic rings. The molecule has 130 valence electrons. The van der Waals surface area contributed by atoms with Crippen LogP contribution in [-0.4, -0.2) is 61.6 Å². The fourth-order valence-corrected chi connectivity index (χ4v) is 3.08. The van der Waals surface area contributed by atoms with Crippen LogP contribution in [0.1, 0.15) is 12.1 Å². The van der Waals surface area contributed by atoms with Gasteiger partial charge in [-0.15, -0.1) is 9.42 Å². The highest BCUT2D eigenvalue weighted by Crippen LogP contribution is 2.39. The van der Waals surface area contributed by atoms with Crippen molar-refractivity contribution < 1.29 is 33.0 Å². The number of hydrogen-bond donors (Lipinski definition) is 2. The van der Waals surface area contributed by atoms with Crippen LogP contribution in [0, 0.1) is 6.92 Å². The van der Waals surface area contributed by atoms with E-state index in [4.69, 9.17) is 14.4 Å². The quantitative estimate of drug-likeness (QED) is 0.727. The summed E-state index contributed by atoms with van der Waals surface area (Å²) in [5.74, 6) is 0.619. The van der Waals surface area contributed by atoms with Gasteiger partial charge in [-0.25, -0.2) is 14.4 Å². The van der Waals surface area contributed by atoms with Gasteiger partial charge in [0.05, 0.1) is 20.0 Å². The van der Waals surface area contributed by atoms with Crippen LogP contribution < -0.4 is 4.74 Å². The molecule has 0 aromatic carbocycles. The normalized spacial score (nSPS) is 27.6. The van der Waals surface area contributed by atoms with E-state index in [-0.39, 0.29) is 11.5 Å². The number of aliphatic hydroxyl groups excluding tert-OH is 1. The molecule has 12 heteroatoms. The van der Waals surface area contributed by atoms with Crippen molar-refractivity contribution in [1.82, 2.24) is 19.5 Å². The van der Waals surface area contributed by atoms with Crippen LogP contribution >= 0.6 is 8.25 Å². The summed E-state index contributed by atoms with van der Waals surface area (Å²) in [7, 11) is -1.62. The van der Waals surface area contributed by atoms with Gasteiger partial charge in [-0.3, -0.25) is 4.57 Å². The van der Waals surface area contributed by atoms with E-state index in [1.54, 1.807) is 6.92 Å². The zero-order valence-corrected chi connectivity index (χ0v) is 13.6. The number of ether oxygens (including phenoxy) is 2. The van der Waals surface area contributed by atoms with Crippen LogP contribution in [0.4, 0.5) is 4.39 Å². The van der Waals surface area contributed by atoms with Crippen LogP contribution in [0.2, 0.25) is 0 Å². The van der Waals surface area contributed by atoms with Crippen molar-refractivity contribution in [1.29, 1.82) is 0 Å². The summed E-state index contributed by atoms with van der Waals surface area (Å²) in [6, 6.07) is 0. The van der Waals surface area contributed by atoms with Gasteiger partial charge in [0.2, 0.25) is 5.88 Å². The first-order valence-corrected chi connectivity index (χ1v) is 8.07. The molecule has 1 fully saturated rings. The lowest BCUT2D eigenvalue weighted by Crippen LogP contribution is -2.32. The average molecular weight is 361 g/mol. The molecule has 24 heavy (non-hydrogen) atoms. The van der Waals surface area contributed by atoms with Crippen LogP contribution in [0.25, 0.3) is 11.2 Å². The number of rotatable bonds is 5. The molecule has 0 spiro atoms. The summed E-state index contributed by atoms with van der Waals surface area (Å²) >= 11 is 0. The lowest BCUT2D eigenvalue weighted by molar-refractivity contribution is -0.0436. The number of hydrogen-bond acceptors (Lipinski definition) is 8. The van der Waals surface area contributed by atoms with E-state index in [2.05, 4.69) is 19.5 Å². The number of aliphatic hydroxyl groups is 1. The van der Waals surface area contributed by atoms with Crippen LogP contribution in [0.5, 0.6) is 5.88 Å². The molecule has 2 unspecified atom stereocenters. The first-order chi connectivity index (χ1) is 11.5. The van der Waals surface area contributed by atoms with E-state index in [1.165, 1.54) is 18.0 Å². The molecule has 2 aromatic heterocycles. The molecule has 10 nitrogen and oxygen atoms in total. The maximum Gasteiger partial charge on any atom is 0.695 e. The molecule has 3 heterocycles. The minimum atomic E-state index is -3.05. The number of nitrogens with zero attached hydrogens (tertiary/aromatic N) is 4. The summed E-state index contributed by atoms with van der Waals surface area (Å²) in [4.78, 5) is 21.3. The SMILES string of the molecule is COc1nc(C)nc2c1ncn2C1O[C@H](CO)[C@@H](O[P+](=O)O)[C@H]1F. The Bertz CT molecular complexity index is 773. The lowest BCUT2D eigenvalue weighted by atomic mass is 10.1. The predicted molar refractivity (Wildman–Crippen MR) is 77.2 cm³/mol. The summed E-state index contributed by atoms with van der Waals surface area (Å²) in [5, 5.41) is 9.30. The van der Waals surface area contributed by atoms with Gasteiger partial charge in [-0.2, -0.15) is 4.98 Å². The summed E-state index contributed by atoms with van der Waals surface area (Å²) in [6.45, 7) is 1.06. The van der Waals surface area contributed by atoms with E-state index in [9.17, 15) is 14.1 Å². The van der Waals surface area contributed by atoms with Gasteiger partial charge in [0, 0.05) is 4.57 Å². The third-order valence-electron chi connectivity index (χ3n) is 3.63. The number of aryl methyl sites for hydroxylation is 1. The molecular weight excluding hydrogens is 346 g/mol. The maximum absolute atomic E-state index is 14.7. The Hall–Kier alpha value is -1.78. The number of halogens is 1. The minimum Gasteiger partial charge on any atom is -0.479 e. The fourth-order valence-electron chi connectivity index (χ4n) is 2.62. The first kappa shape index (κ1) is 17.1. The monoisotopic (exact) mass is 361 g/mol. The number of fused-ring (bicyclic) bond motifs is 1. The Kier molecular flexibility index (Phi) is 4.70. The van der Waals surface area contributed by atoms with Crippen molar-refractivity contribution in [2.24, 2.45) is 0 Å². The fraction of sp³-hybridized carbons (Fsp3) is 0.583. The van der Waals surface area contributed by atoms with E-state index < -0.39 is 39.5 Å². The number of imidazole rings is 1. The Balaban J connectivity index is 2.01. The standard InChI is InChI=1S/C12H14FN4O6P/c1-5-15-10-8(11(16-5)21-2)14-4-17(10)12-7(13)9(23-24(19)20)6(3-18)22-12/h4,6-7,9,12,18H,3H2,1-2H3/p+1/t6-,7-,9-,12?/m1/s1. The van der Waals surface area contributed by atoms with Crippen molar-refractivity contribution >= 4 is 19.4 Å². The summed E-state index contributed by atoms with van der Waals surface area (Å²) in [5.41, 5.74) is 0.592. The second-order valence-corrected chi connectivity index (χ2v) is 5.79. The molecule has 0 saturated carbocycles. The highest BCUT2D eigenvalue weighted by molar-refractivity contribution is 7.32. The Morgan fingerprint density at radius 1 is 1.50 bits per heavy atom. The van der Waals surface area contributed by atoms with E-state index >= 15 is 0 Å². The lowest BCUT2D eigenvalue weighted by Gasteiger charge is -2.15. The molecule has 0 aliphatic carbocycles. The zero-order valence-electron chi connectivity index (χ0n) is 12.7. The van der Waals surface area contributed by atoms with Crippen molar-refractivity contribution in [2.45, 2.75) is 31.5 Å². The van der Waals surface area contributed by atoms with Gasteiger partial charge in [-0.1, -0.05) is 0 Å². The van der Waals surface area contributed by atoms with Crippen LogP contribution in [-0.2, 0) is 13.8 Å². The van der Waals surface area contributed by atoms with Crippen molar-refractivity contribution in [3.05, 3.63) is 12.2 Å². The molecule has 5 atom stereocenters. The van der Waals surface area contributed by atoms with Crippen LogP contribution in [0.3, 0.4) is 0 Å². The average Bonchev–Trinajstić information content (AvgIpc) is 3.08. The second kappa shape index (κ2) is 6.61. The summed E-state index contributed by atoms with van der Waals surface area (Å²) < 4.78 is 42.1. The van der Waals surface area contributed by atoms with Gasteiger partial charge in [0.15, 0.2) is 29.7 Å². The van der Waals surface area contributed by atoms with Crippen molar-refractivity contribution in [2.75, 3.05) is 13.7 Å².